The minimum atomic E-state index is -0.478. The van der Waals surface area contributed by atoms with Gasteiger partial charge in [-0.25, -0.2) is 9.37 Å². The molecule has 0 aliphatic carbocycles. The molecule has 3 aromatic rings. The number of aromatic nitrogens is 2. The number of nitrogen functional groups attached to an aromatic ring is 1. The number of hydrogen-bond donors (Lipinski definition) is 2. The van der Waals surface area contributed by atoms with Gasteiger partial charge >= 0.3 is 0 Å². The Morgan fingerprint density at radius 1 is 1.32 bits per heavy atom. The smallest absolute Gasteiger partial charge is 0.142 e. The van der Waals surface area contributed by atoms with E-state index in [9.17, 15) is 4.39 Å². The first-order valence-corrected chi connectivity index (χ1v) is 6.62. The van der Waals surface area contributed by atoms with Crippen molar-refractivity contribution in [1.29, 1.82) is 0 Å². The van der Waals surface area contributed by atoms with Crippen LogP contribution in [0.2, 0.25) is 5.02 Å². The summed E-state index contributed by atoms with van der Waals surface area (Å²) in [6, 6.07) is 8.21. The monoisotopic (exact) mass is 339 g/mol. The second kappa shape index (κ2) is 4.51. The zero-order chi connectivity index (χ0) is 13.6. The average molecular weight is 341 g/mol. The maximum absolute atomic E-state index is 13.5. The molecule has 0 radical (unpaired) electrons. The van der Waals surface area contributed by atoms with Crippen LogP contribution in [0, 0.1) is 5.82 Å². The number of benzene rings is 2. The number of fused-ring (bicyclic) bond motifs is 1. The molecule has 1 heterocycles. The summed E-state index contributed by atoms with van der Waals surface area (Å²) in [4.78, 5) is 7.46. The van der Waals surface area contributed by atoms with Crippen LogP contribution in [-0.2, 0) is 0 Å². The summed E-state index contributed by atoms with van der Waals surface area (Å²) in [5, 5.41) is 0.0409. The van der Waals surface area contributed by atoms with E-state index in [1.54, 1.807) is 18.2 Å². The summed E-state index contributed by atoms with van der Waals surface area (Å²) in [6.07, 6.45) is 0. The maximum atomic E-state index is 13.5. The minimum Gasteiger partial charge on any atom is -0.397 e. The molecule has 0 aliphatic heterocycles. The third-order valence-corrected chi connectivity index (χ3v) is 3.63. The molecule has 3 rings (SSSR count). The predicted octanol–water partition coefficient (Wildman–Crippen LogP) is 4.37. The SMILES string of the molecule is Nc1cc(Br)cc2[nH]c(-c3cccc(F)c3Cl)nc12. The Hall–Kier alpha value is -1.59. The van der Waals surface area contributed by atoms with Gasteiger partial charge < -0.3 is 10.7 Å². The third kappa shape index (κ3) is 2.09. The van der Waals surface area contributed by atoms with Crippen LogP contribution >= 0.6 is 27.5 Å². The zero-order valence-electron chi connectivity index (χ0n) is 9.55. The van der Waals surface area contributed by atoms with E-state index in [-0.39, 0.29) is 5.02 Å². The molecular weight excluding hydrogens is 333 g/mol. The van der Waals surface area contributed by atoms with Crippen molar-refractivity contribution in [1.82, 2.24) is 9.97 Å². The fourth-order valence-electron chi connectivity index (χ4n) is 1.92. The van der Waals surface area contributed by atoms with Gasteiger partial charge in [-0.3, -0.25) is 0 Å². The molecule has 0 saturated heterocycles. The van der Waals surface area contributed by atoms with Crippen LogP contribution in [0.1, 0.15) is 0 Å². The van der Waals surface area contributed by atoms with Gasteiger partial charge in [0.2, 0.25) is 0 Å². The fourth-order valence-corrected chi connectivity index (χ4v) is 2.61. The van der Waals surface area contributed by atoms with Gasteiger partial charge in [-0.2, -0.15) is 0 Å². The summed E-state index contributed by atoms with van der Waals surface area (Å²) in [6.45, 7) is 0. The molecule has 96 valence electrons. The first-order chi connectivity index (χ1) is 9.06. The van der Waals surface area contributed by atoms with Crippen LogP contribution in [-0.4, -0.2) is 9.97 Å². The number of aromatic amines is 1. The average Bonchev–Trinajstić information content (AvgIpc) is 2.76. The number of H-pyrrole nitrogens is 1. The van der Waals surface area contributed by atoms with E-state index in [4.69, 9.17) is 17.3 Å². The number of nitrogens with one attached hydrogen (secondary N) is 1. The zero-order valence-corrected chi connectivity index (χ0v) is 11.9. The highest BCUT2D eigenvalue weighted by Gasteiger charge is 2.13. The van der Waals surface area contributed by atoms with E-state index in [1.165, 1.54) is 6.07 Å². The predicted molar refractivity (Wildman–Crippen MR) is 78.6 cm³/mol. The van der Waals surface area contributed by atoms with Crippen LogP contribution in [0.4, 0.5) is 10.1 Å². The number of hydrogen-bond acceptors (Lipinski definition) is 2. The number of nitrogens with zero attached hydrogens (tertiary/aromatic N) is 1. The largest absolute Gasteiger partial charge is 0.397 e. The molecule has 2 aromatic carbocycles. The van der Waals surface area contributed by atoms with Gasteiger partial charge in [0.1, 0.15) is 17.2 Å². The van der Waals surface area contributed by atoms with Crippen LogP contribution in [0.15, 0.2) is 34.8 Å². The van der Waals surface area contributed by atoms with Crippen molar-refractivity contribution in [3.8, 4) is 11.4 Å². The van der Waals surface area contributed by atoms with Crippen molar-refractivity contribution in [3.05, 3.63) is 45.6 Å². The lowest BCUT2D eigenvalue weighted by Crippen LogP contribution is -1.87. The summed E-state index contributed by atoms with van der Waals surface area (Å²) in [5.74, 6) is 0.0121. The Kier molecular flexibility index (Phi) is 2.95. The lowest BCUT2D eigenvalue weighted by molar-refractivity contribution is 0.628. The molecule has 0 fully saturated rings. The minimum absolute atomic E-state index is 0.0409. The highest BCUT2D eigenvalue weighted by Crippen LogP contribution is 2.32. The molecule has 0 atom stereocenters. The lowest BCUT2D eigenvalue weighted by atomic mass is 10.2. The van der Waals surface area contributed by atoms with Crippen molar-refractivity contribution in [2.24, 2.45) is 0 Å². The van der Waals surface area contributed by atoms with E-state index in [0.29, 0.717) is 22.6 Å². The number of anilines is 1. The topological polar surface area (TPSA) is 54.7 Å². The Morgan fingerprint density at radius 3 is 2.89 bits per heavy atom. The molecule has 3 nitrogen and oxygen atoms in total. The summed E-state index contributed by atoms with van der Waals surface area (Å²) in [5.41, 5.74) is 8.35. The van der Waals surface area contributed by atoms with Crippen molar-refractivity contribution >= 4 is 44.3 Å². The van der Waals surface area contributed by atoms with Gasteiger partial charge in [0.15, 0.2) is 0 Å². The maximum Gasteiger partial charge on any atom is 0.142 e. The number of halogens is 3. The van der Waals surface area contributed by atoms with E-state index in [1.807, 2.05) is 6.07 Å². The van der Waals surface area contributed by atoms with Crippen molar-refractivity contribution in [2.75, 3.05) is 5.73 Å². The fraction of sp³-hybridized carbons (Fsp3) is 0. The number of nitrogens with two attached hydrogens (primary N) is 1. The van der Waals surface area contributed by atoms with Crippen LogP contribution < -0.4 is 5.73 Å². The summed E-state index contributed by atoms with van der Waals surface area (Å²) in [7, 11) is 0. The molecule has 0 bridgehead atoms. The van der Waals surface area contributed by atoms with E-state index >= 15 is 0 Å². The van der Waals surface area contributed by atoms with Crippen LogP contribution in [0.3, 0.4) is 0 Å². The standard InChI is InChI=1S/C13H8BrClFN3/c14-6-4-9(17)12-10(5-6)18-13(19-12)7-2-1-3-8(16)11(7)15/h1-5H,17H2,(H,18,19). The Labute approximate surface area is 121 Å². The second-order valence-corrected chi connectivity index (χ2v) is 5.37. The molecule has 19 heavy (non-hydrogen) atoms. The van der Waals surface area contributed by atoms with E-state index in [0.717, 1.165) is 9.99 Å². The molecule has 0 aliphatic rings. The highest BCUT2D eigenvalue weighted by atomic mass is 79.9. The van der Waals surface area contributed by atoms with Crippen LogP contribution in [0.5, 0.6) is 0 Å². The summed E-state index contributed by atoms with van der Waals surface area (Å²) < 4.78 is 14.3. The number of rotatable bonds is 1. The van der Waals surface area contributed by atoms with Gasteiger partial charge in [-0.05, 0) is 24.3 Å². The Bertz CT molecular complexity index is 785. The third-order valence-electron chi connectivity index (χ3n) is 2.79. The molecule has 0 amide bonds. The molecule has 6 heteroatoms. The van der Waals surface area contributed by atoms with Crippen molar-refractivity contribution in [3.63, 3.8) is 0 Å². The Balaban J connectivity index is 2.26. The van der Waals surface area contributed by atoms with Gasteiger partial charge in [-0.15, -0.1) is 0 Å². The van der Waals surface area contributed by atoms with Crippen molar-refractivity contribution < 1.29 is 4.39 Å². The van der Waals surface area contributed by atoms with Gasteiger partial charge in [0.25, 0.3) is 0 Å². The van der Waals surface area contributed by atoms with Gasteiger partial charge in [0, 0.05) is 10.0 Å². The molecule has 1 aromatic heterocycles. The number of imidazole rings is 1. The second-order valence-electron chi connectivity index (χ2n) is 4.08. The van der Waals surface area contributed by atoms with Crippen LogP contribution in [0.25, 0.3) is 22.4 Å². The van der Waals surface area contributed by atoms with E-state index in [2.05, 4.69) is 25.9 Å². The van der Waals surface area contributed by atoms with Crippen molar-refractivity contribution in [2.45, 2.75) is 0 Å². The first-order valence-electron chi connectivity index (χ1n) is 5.45. The quantitative estimate of drug-likeness (QED) is 0.646. The normalized spacial score (nSPS) is 11.1. The molecule has 3 N–H and O–H groups in total. The lowest BCUT2D eigenvalue weighted by Gasteiger charge is -2.00. The first kappa shape index (κ1) is 12.4. The molecular formula is C13H8BrClFN3. The van der Waals surface area contributed by atoms with Gasteiger partial charge in [-0.1, -0.05) is 33.6 Å². The van der Waals surface area contributed by atoms with E-state index < -0.39 is 5.82 Å². The molecule has 0 unspecified atom stereocenters. The highest BCUT2D eigenvalue weighted by molar-refractivity contribution is 9.10. The molecule has 0 spiro atoms. The summed E-state index contributed by atoms with van der Waals surface area (Å²) >= 11 is 9.31. The molecule has 0 saturated carbocycles. The van der Waals surface area contributed by atoms with Gasteiger partial charge in [0.05, 0.1) is 16.2 Å². The Morgan fingerprint density at radius 2 is 2.11 bits per heavy atom.